The summed E-state index contributed by atoms with van der Waals surface area (Å²) in [7, 11) is 4.09. The van der Waals surface area contributed by atoms with Crippen molar-refractivity contribution in [1.29, 1.82) is 0 Å². The third-order valence-corrected chi connectivity index (χ3v) is 4.41. The number of nitrogens with zero attached hydrogens (tertiary/aromatic N) is 4. The number of pyridine rings is 1. The van der Waals surface area contributed by atoms with E-state index in [4.69, 9.17) is 9.97 Å². The quantitative estimate of drug-likeness (QED) is 0.576. The molecule has 0 unspecified atom stereocenters. The minimum atomic E-state index is 0.673. The van der Waals surface area contributed by atoms with E-state index < -0.39 is 0 Å². The van der Waals surface area contributed by atoms with Crippen molar-refractivity contribution in [2.24, 2.45) is 0 Å². The summed E-state index contributed by atoms with van der Waals surface area (Å²) in [5, 5.41) is 4.50. The maximum absolute atomic E-state index is 4.77. The Morgan fingerprint density at radius 3 is 2.63 bits per heavy atom. The molecule has 5 nitrogen and oxygen atoms in total. The van der Waals surface area contributed by atoms with Crippen molar-refractivity contribution in [3.63, 3.8) is 0 Å². The third kappa shape index (κ3) is 3.72. The molecule has 5 heteroatoms. The first-order chi connectivity index (χ1) is 13.2. The van der Waals surface area contributed by atoms with E-state index in [0.717, 1.165) is 22.3 Å². The highest BCUT2D eigenvalue weighted by Gasteiger charge is 2.09. The van der Waals surface area contributed by atoms with Crippen LogP contribution in [-0.4, -0.2) is 29.0 Å². The summed E-state index contributed by atoms with van der Waals surface area (Å²) in [6.07, 6.45) is 3.54. The van der Waals surface area contributed by atoms with Gasteiger partial charge in [0.2, 0.25) is 0 Å². The molecule has 134 valence electrons. The van der Waals surface area contributed by atoms with Crippen LogP contribution in [0.1, 0.15) is 5.56 Å². The van der Waals surface area contributed by atoms with Gasteiger partial charge in [0.05, 0.1) is 5.52 Å². The van der Waals surface area contributed by atoms with E-state index in [-0.39, 0.29) is 0 Å². The van der Waals surface area contributed by atoms with Crippen molar-refractivity contribution >= 4 is 22.4 Å². The van der Waals surface area contributed by atoms with Crippen LogP contribution in [0.25, 0.3) is 22.3 Å². The van der Waals surface area contributed by atoms with Gasteiger partial charge in [0.1, 0.15) is 5.82 Å². The first-order valence-corrected chi connectivity index (χ1v) is 8.88. The van der Waals surface area contributed by atoms with Crippen LogP contribution in [0.5, 0.6) is 0 Å². The van der Waals surface area contributed by atoms with Crippen LogP contribution >= 0.6 is 0 Å². The zero-order valence-corrected chi connectivity index (χ0v) is 15.4. The van der Waals surface area contributed by atoms with Gasteiger partial charge >= 0.3 is 0 Å². The number of nitrogens with one attached hydrogen (secondary N) is 1. The Kier molecular flexibility index (Phi) is 4.66. The number of benzene rings is 2. The summed E-state index contributed by atoms with van der Waals surface area (Å²) < 4.78 is 0. The Hall–Kier alpha value is -3.47. The van der Waals surface area contributed by atoms with E-state index in [9.17, 15) is 0 Å². The van der Waals surface area contributed by atoms with Gasteiger partial charge in [-0.2, -0.15) is 0 Å². The monoisotopic (exact) mass is 355 g/mol. The predicted octanol–water partition coefficient (Wildman–Crippen LogP) is 4.37. The Bertz CT molecular complexity index is 1060. The third-order valence-electron chi connectivity index (χ3n) is 4.41. The van der Waals surface area contributed by atoms with Crippen molar-refractivity contribution in [1.82, 2.24) is 15.0 Å². The van der Waals surface area contributed by atoms with E-state index in [1.54, 1.807) is 12.4 Å². The van der Waals surface area contributed by atoms with Gasteiger partial charge in [-0.25, -0.2) is 9.97 Å². The molecule has 0 bridgehead atoms. The van der Waals surface area contributed by atoms with E-state index in [0.29, 0.717) is 12.4 Å². The molecule has 2 aromatic heterocycles. The lowest BCUT2D eigenvalue weighted by Gasteiger charge is -2.15. The Labute approximate surface area is 158 Å². The molecule has 0 aliphatic heterocycles. The molecular weight excluding hydrogens is 334 g/mol. The molecule has 27 heavy (non-hydrogen) atoms. The van der Waals surface area contributed by atoms with E-state index in [1.807, 2.05) is 50.5 Å². The Morgan fingerprint density at radius 1 is 0.926 bits per heavy atom. The molecule has 0 atom stereocenters. The summed E-state index contributed by atoms with van der Waals surface area (Å²) >= 11 is 0. The summed E-state index contributed by atoms with van der Waals surface area (Å²) in [6.45, 7) is 0.690. The van der Waals surface area contributed by atoms with Gasteiger partial charge < -0.3 is 10.2 Å². The Balaban J connectivity index is 1.69. The molecule has 0 saturated heterocycles. The van der Waals surface area contributed by atoms with Crippen molar-refractivity contribution in [2.45, 2.75) is 6.54 Å². The standard InChI is InChI=1S/C22H21N5/c1-27(2)18-9-5-7-16(13-18)14-24-22-19-10-3-4-11-20(19)25-21(26-22)17-8-6-12-23-15-17/h3-13,15H,14H2,1-2H3,(H,24,25,26). The molecule has 4 rings (SSSR count). The lowest BCUT2D eigenvalue weighted by Crippen LogP contribution is -2.09. The summed E-state index contributed by atoms with van der Waals surface area (Å²) in [5.41, 5.74) is 4.20. The van der Waals surface area contributed by atoms with Crippen LogP contribution in [0.2, 0.25) is 0 Å². The zero-order chi connectivity index (χ0) is 18.6. The number of para-hydroxylation sites is 1. The van der Waals surface area contributed by atoms with Crippen molar-refractivity contribution in [3.05, 3.63) is 78.6 Å². The number of fused-ring (bicyclic) bond motifs is 1. The van der Waals surface area contributed by atoms with Gasteiger partial charge in [0, 0.05) is 49.7 Å². The van der Waals surface area contributed by atoms with Crippen LogP contribution in [0, 0.1) is 0 Å². The van der Waals surface area contributed by atoms with Gasteiger partial charge in [-0.05, 0) is 42.0 Å². The Morgan fingerprint density at radius 2 is 1.81 bits per heavy atom. The lowest BCUT2D eigenvalue weighted by molar-refractivity contribution is 1.08. The van der Waals surface area contributed by atoms with Crippen LogP contribution in [0.15, 0.2) is 73.1 Å². The zero-order valence-electron chi connectivity index (χ0n) is 15.4. The summed E-state index contributed by atoms with van der Waals surface area (Å²) in [4.78, 5) is 15.8. The maximum atomic E-state index is 4.77. The van der Waals surface area contributed by atoms with Crippen LogP contribution in [-0.2, 0) is 6.54 Å². The van der Waals surface area contributed by atoms with Gasteiger partial charge in [-0.1, -0.05) is 24.3 Å². The van der Waals surface area contributed by atoms with E-state index >= 15 is 0 Å². The van der Waals surface area contributed by atoms with Crippen molar-refractivity contribution < 1.29 is 0 Å². The molecule has 4 aromatic rings. The topological polar surface area (TPSA) is 53.9 Å². The minimum Gasteiger partial charge on any atom is -0.378 e. The van der Waals surface area contributed by atoms with Gasteiger partial charge in [-0.15, -0.1) is 0 Å². The molecule has 0 spiro atoms. The molecule has 0 fully saturated rings. The molecule has 0 aliphatic rings. The predicted molar refractivity (Wildman–Crippen MR) is 111 cm³/mol. The molecule has 0 amide bonds. The second kappa shape index (κ2) is 7.41. The highest BCUT2D eigenvalue weighted by Crippen LogP contribution is 2.25. The van der Waals surface area contributed by atoms with Crippen LogP contribution in [0.4, 0.5) is 11.5 Å². The highest BCUT2D eigenvalue weighted by molar-refractivity contribution is 5.90. The van der Waals surface area contributed by atoms with Crippen molar-refractivity contribution in [2.75, 3.05) is 24.3 Å². The SMILES string of the molecule is CN(C)c1cccc(CNc2nc(-c3cccnc3)nc3ccccc23)c1. The fraction of sp³-hybridized carbons (Fsp3) is 0.136. The number of hydrogen-bond donors (Lipinski definition) is 1. The first kappa shape index (κ1) is 17.0. The highest BCUT2D eigenvalue weighted by atomic mass is 15.1. The first-order valence-electron chi connectivity index (χ1n) is 8.88. The summed E-state index contributed by atoms with van der Waals surface area (Å²) in [6, 6.07) is 20.4. The molecule has 0 aliphatic carbocycles. The molecule has 2 heterocycles. The van der Waals surface area contributed by atoms with E-state index in [1.165, 1.54) is 11.3 Å². The molecule has 0 saturated carbocycles. The van der Waals surface area contributed by atoms with Crippen LogP contribution in [0.3, 0.4) is 0 Å². The molecule has 2 aromatic carbocycles. The fourth-order valence-corrected chi connectivity index (χ4v) is 2.97. The molecule has 1 N–H and O–H groups in total. The van der Waals surface area contributed by atoms with Gasteiger partial charge in [0.15, 0.2) is 5.82 Å². The fourth-order valence-electron chi connectivity index (χ4n) is 2.97. The van der Waals surface area contributed by atoms with E-state index in [2.05, 4.69) is 39.5 Å². The smallest absolute Gasteiger partial charge is 0.163 e. The molecular formula is C22H21N5. The number of rotatable bonds is 5. The van der Waals surface area contributed by atoms with Gasteiger partial charge in [0.25, 0.3) is 0 Å². The average molecular weight is 355 g/mol. The second-order valence-electron chi connectivity index (χ2n) is 6.57. The lowest BCUT2D eigenvalue weighted by atomic mass is 10.1. The summed E-state index contributed by atoms with van der Waals surface area (Å²) in [5.74, 6) is 1.50. The number of hydrogen-bond acceptors (Lipinski definition) is 5. The second-order valence-corrected chi connectivity index (χ2v) is 6.57. The normalized spacial score (nSPS) is 10.7. The average Bonchev–Trinajstić information content (AvgIpc) is 2.72. The maximum Gasteiger partial charge on any atom is 0.163 e. The number of anilines is 2. The molecule has 0 radical (unpaired) electrons. The number of aromatic nitrogens is 3. The minimum absolute atomic E-state index is 0.673. The van der Waals surface area contributed by atoms with Crippen molar-refractivity contribution in [3.8, 4) is 11.4 Å². The largest absolute Gasteiger partial charge is 0.378 e. The van der Waals surface area contributed by atoms with Gasteiger partial charge in [-0.3, -0.25) is 4.98 Å². The van der Waals surface area contributed by atoms with Crippen LogP contribution < -0.4 is 10.2 Å².